The smallest absolute Gasteiger partial charge is 0.262 e. The van der Waals surface area contributed by atoms with E-state index in [1.807, 2.05) is 23.1 Å². The summed E-state index contributed by atoms with van der Waals surface area (Å²) < 4.78 is 3.83. The third-order valence-corrected chi connectivity index (χ3v) is 9.05. The Labute approximate surface area is 203 Å². The first kappa shape index (κ1) is 20.8. The van der Waals surface area contributed by atoms with Gasteiger partial charge in [0.2, 0.25) is 5.52 Å². The highest BCUT2D eigenvalue weighted by Crippen LogP contribution is 2.48. The third-order valence-electron chi connectivity index (χ3n) is 6.63. The van der Waals surface area contributed by atoms with Crippen LogP contribution < -0.4 is 9.47 Å². The van der Waals surface area contributed by atoms with Crippen molar-refractivity contribution in [3.63, 3.8) is 0 Å². The number of anilines is 1. The topological polar surface area (TPSA) is 7.12 Å². The average molecular weight is 468 g/mol. The Morgan fingerprint density at radius 1 is 0.879 bits per heavy atom. The first-order valence-electron chi connectivity index (χ1n) is 11.7. The van der Waals surface area contributed by atoms with Crippen molar-refractivity contribution in [1.29, 1.82) is 0 Å². The summed E-state index contributed by atoms with van der Waals surface area (Å²) in [5.41, 5.74) is 2.78. The molecule has 0 saturated carbocycles. The second-order valence-electron chi connectivity index (χ2n) is 8.45. The maximum absolute atomic E-state index is 2.58. The lowest BCUT2D eigenvalue weighted by Gasteiger charge is -2.25. The van der Waals surface area contributed by atoms with Gasteiger partial charge >= 0.3 is 0 Å². The number of nitrogens with zero attached hydrogens (tertiary/aromatic N) is 2. The van der Waals surface area contributed by atoms with Gasteiger partial charge in [0.1, 0.15) is 11.2 Å². The molecule has 2 nitrogen and oxygen atoms in total. The molecule has 0 spiro atoms. The Morgan fingerprint density at radius 3 is 2.39 bits per heavy atom. The molecule has 164 valence electrons. The molecule has 1 aliphatic heterocycles. The van der Waals surface area contributed by atoms with Crippen molar-refractivity contribution in [2.24, 2.45) is 0 Å². The van der Waals surface area contributed by atoms with Crippen molar-refractivity contribution < 1.29 is 4.57 Å². The van der Waals surface area contributed by atoms with Crippen molar-refractivity contribution in [3.8, 4) is 0 Å². The van der Waals surface area contributed by atoms with Crippen LogP contribution in [0, 0.1) is 0 Å². The summed E-state index contributed by atoms with van der Waals surface area (Å²) in [5, 5.41) is 7.13. The Kier molecular flexibility index (Phi) is 5.35. The molecule has 0 N–H and O–H groups in total. The number of thioether (sulfide) groups is 1. The van der Waals surface area contributed by atoms with Crippen molar-refractivity contribution in [3.05, 3.63) is 83.9 Å². The van der Waals surface area contributed by atoms with Gasteiger partial charge in [-0.05, 0) is 49.2 Å². The number of rotatable bonds is 5. The quantitative estimate of drug-likeness (QED) is 0.243. The fourth-order valence-electron chi connectivity index (χ4n) is 5.11. The second kappa shape index (κ2) is 8.51. The number of aromatic nitrogens is 1. The zero-order valence-electron chi connectivity index (χ0n) is 19.0. The van der Waals surface area contributed by atoms with Gasteiger partial charge in [-0.2, -0.15) is 4.57 Å². The van der Waals surface area contributed by atoms with Gasteiger partial charge in [0.05, 0.1) is 16.4 Å². The van der Waals surface area contributed by atoms with E-state index in [4.69, 9.17) is 0 Å². The van der Waals surface area contributed by atoms with Crippen LogP contribution in [-0.2, 0) is 6.54 Å². The molecule has 1 atom stereocenters. The predicted octanol–water partition coefficient (Wildman–Crippen LogP) is 7.88. The Morgan fingerprint density at radius 2 is 1.61 bits per heavy atom. The zero-order chi connectivity index (χ0) is 22.4. The molecule has 2 heterocycles. The van der Waals surface area contributed by atoms with Gasteiger partial charge in [-0.1, -0.05) is 83.8 Å². The minimum atomic E-state index is 0.442. The molecule has 0 unspecified atom stereocenters. The van der Waals surface area contributed by atoms with E-state index in [1.165, 1.54) is 47.4 Å². The average Bonchev–Trinajstić information content (AvgIpc) is 3.41. The summed E-state index contributed by atoms with van der Waals surface area (Å²) >= 11 is 3.90. The van der Waals surface area contributed by atoms with Crippen LogP contribution in [0.25, 0.3) is 37.8 Å². The van der Waals surface area contributed by atoms with Crippen molar-refractivity contribution >= 4 is 66.6 Å². The highest BCUT2D eigenvalue weighted by Gasteiger charge is 2.30. The van der Waals surface area contributed by atoms with Gasteiger partial charge < -0.3 is 4.90 Å². The summed E-state index contributed by atoms with van der Waals surface area (Å²) in [6, 6.07) is 26.6. The van der Waals surface area contributed by atoms with E-state index in [-0.39, 0.29) is 0 Å². The lowest BCUT2D eigenvalue weighted by Crippen LogP contribution is -2.33. The van der Waals surface area contributed by atoms with Crippen LogP contribution in [0.2, 0.25) is 0 Å². The van der Waals surface area contributed by atoms with Gasteiger partial charge in [0.15, 0.2) is 0 Å². The normalized spacial score (nSPS) is 15.9. The number of thiazole rings is 1. The molecule has 4 heteroatoms. The standard InChI is InChI=1S/C29H27N2S2/c1-3-30-26(32-24-18-16-20-10-5-7-12-22(20)28(24)30)14-9-15-27-31(4-2)29-23-13-8-6-11-21(23)17-19-25(29)33-27/h5-14,16-19,27H,3-4,15H2,1-2H3/q+1/t27-/m0/s1. The summed E-state index contributed by atoms with van der Waals surface area (Å²) in [6.45, 7) is 6.52. The maximum atomic E-state index is 2.58. The molecular formula is C29H27N2S2+. The van der Waals surface area contributed by atoms with Crippen LogP contribution in [0.15, 0.2) is 83.8 Å². The lowest BCUT2D eigenvalue weighted by molar-refractivity contribution is -0.664. The minimum absolute atomic E-state index is 0.442. The van der Waals surface area contributed by atoms with Gasteiger partial charge in [-0.15, -0.1) is 0 Å². The van der Waals surface area contributed by atoms with E-state index in [9.17, 15) is 0 Å². The van der Waals surface area contributed by atoms with Gasteiger partial charge in [-0.3, -0.25) is 0 Å². The minimum Gasteiger partial charge on any atom is -0.358 e. The van der Waals surface area contributed by atoms with Crippen LogP contribution in [0.1, 0.15) is 25.3 Å². The van der Waals surface area contributed by atoms with E-state index >= 15 is 0 Å². The third kappa shape index (κ3) is 3.44. The largest absolute Gasteiger partial charge is 0.358 e. The summed E-state index contributed by atoms with van der Waals surface area (Å²) in [6.07, 6.45) is 5.76. The molecular weight excluding hydrogens is 440 g/mol. The van der Waals surface area contributed by atoms with Crippen molar-refractivity contribution in [2.45, 2.75) is 37.1 Å². The fourth-order valence-corrected chi connectivity index (χ4v) is 7.66. The molecule has 0 saturated heterocycles. The summed E-state index contributed by atoms with van der Waals surface area (Å²) in [7, 11) is 0. The zero-order valence-corrected chi connectivity index (χ0v) is 20.6. The molecule has 0 amide bonds. The Hall–Kier alpha value is -2.82. The number of fused-ring (bicyclic) bond motifs is 6. The molecule has 0 radical (unpaired) electrons. The number of hydrogen-bond donors (Lipinski definition) is 0. The highest BCUT2D eigenvalue weighted by atomic mass is 32.2. The second-order valence-corrected chi connectivity index (χ2v) is 10.7. The van der Waals surface area contributed by atoms with E-state index in [1.54, 1.807) is 0 Å². The number of hydrogen-bond acceptors (Lipinski definition) is 3. The first-order valence-corrected chi connectivity index (χ1v) is 13.4. The summed E-state index contributed by atoms with van der Waals surface area (Å²) in [5.74, 6) is 0. The number of benzene rings is 4. The molecule has 6 rings (SSSR count). The lowest BCUT2D eigenvalue weighted by atomic mass is 10.1. The van der Waals surface area contributed by atoms with Gasteiger partial charge in [0.25, 0.3) is 5.01 Å². The molecule has 0 aliphatic carbocycles. The van der Waals surface area contributed by atoms with Crippen LogP contribution in [0.4, 0.5) is 5.69 Å². The Balaban J connectivity index is 1.32. The van der Waals surface area contributed by atoms with Crippen LogP contribution in [0.3, 0.4) is 0 Å². The molecule has 0 bridgehead atoms. The molecule has 1 aromatic heterocycles. The van der Waals surface area contributed by atoms with E-state index in [2.05, 4.69) is 108 Å². The fraction of sp³-hybridized carbons (Fsp3) is 0.207. The van der Waals surface area contributed by atoms with Crippen molar-refractivity contribution in [2.75, 3.05) is 11.4 Å². The van der Waals surface area contributed by atoms with E-state index < -0.39 is 0 Å². The van der Waals surface area contributed by atoms with E-state index in [0.717, 1.165) is 19.5 Å². The van der Waals surface area contributed by atoms with Crippen molar-refractivity contribution in [1.82, 2.24) is 0 Å². The Bertz CT molecular complexity index is 1510. The highest BCUT2D eigenvalue weighted by molar-refractivity contribution is 8.00. The molecule has 0 fully saturated rings. The summed E-state index contributed by atoms with van der Waals surface area (Å²) in [4.78, 5) is 3.99. The van der Waals surface area contributed by atoms with E-state index in [0.29, 0.717) is 5.37 Å². The molecule has 5 aromatic rings. The van der Waals surface area contributed by atoms with Crippen LogP contribution >= 0.6 is 23.1 Å². The predicted molar refractivity (Wildman–Crippen MR) is 145 cm³/mol. The van der Waals surface area contributed by atoms with Gasteiger partial charge in [-0.25, -0.2) is 0 Å². The van der Waals surface area contributed by atoms with Crippen LogP contribution in [0.5, 0.6) is 0 Å². The first-order chi connectivity index (χ1) is 16.3. The maximum Gasteiger partial charge on any atom is 0.262 e. The molecule has 4 aromatic carbocycles. The van der Waals surface area contributed by atoms with Crippen LogP contribution in [-0.4, -0.2) is 11.9 Å². The monoisotopic (exact) mass is 467 g/mol. The SMILES string of the molecule is CCN1c2c(ccc3ccccc23)S[C@H]1CC=Cc1sc2ccc3ccccc3c2[n+]1CC. The van der Waals surface area contributed by atoms with Gasteiger partial charge in [0, 0.05) is 22.9 Å². The number of aryl methyl sites for hydroxylation is 1. The molecule has 33 heavy (non-hydrogen) atoms. The molecule has 1 aliphatic rings.